The van der Waals surface area contributed by atoms with Gasteiger partial charge < -0.3 is 5.11 Å². The van der Waals surface area contributed by atoms with E-state index in [1.54, 1.807) is 0 Å². The number of piperidine rings is 1. The topological polar surface area (TPSA) is 57.6 Å². The van der Waals surface area contributed by atoms with Crippen molar-refractivity contribution in [1.82, 2.24) is 4.31 Å². The Bertz CT molecular complexity index is 758. The summed E-state index contributed by atoms with van der Waals surface area (Å²) in [6.07, 6.45) is -9.93. The quantitative estimate of drug-likeness (QED) is 0.771. The van der Waals surface area contributed by atoms with Crippen LogP contribution in [0.15, 0.2) is 23.1 Å². The molecule has 2 unspecified atom stereocenters. The lowest BCUT2D eigenvalue weighted by atomic mass is 10.0. The monoisotopic (exact) mass is 403 g/mol. The molecule has 3 rings (SSSR count). The van der Waals surface area contributed by atoms with Gasteiger partial charge in [-0.1, -0.05) is 0 Å². The van der Waals surface area contributed by atoms with Gasteiger partial charge in [0, 0.05) is 12.1 Å². The van der Waals surface area contributed by atoms with Crippen LogP contribution < -0.4 is 0 Å². The number of hydrogen-bond acceptors (Lipinski definition) is 3. The molecule has 0 saturated carbocycles. The Morgan fingerprint density at radius 3 is 1.69 bits per heavy atom. The van der Waals surface area contributed by atoms with E-state index in [1.807, 2.05) is 0 Å². The summed E-state index contributed by atoms with van der Waals surface area (Å²) in [5, 5.41) is 9.73. The van der Waals surface area contributed by atoms with E-state index in [2.05, 4.69) is 0 Å². The first kappa shape index (κ1) is 19.4. The van der Waals surface area contributed by atoms with Crippen molar-refractivity contribution < 1.29 is 39.9 Å². The molecule has 2 fully saturated rings. The van der Waals surface area contributed by atoms with Crippen LogP contribution in [0.2, 0.25) is 0 Å². The molecule has 1 aromatic rings. The molecule has 4 nitrogen and oxygen atoms in total. The van der Waals surface area contributed by atoms with Crippen LogP contribution in [-0.2, 0) is 22.4 Å². The van der Waals surface area contributed by atoms with Crippen LogP contribution in [0.1, 0.15) is 36.8 Å². The van der Waals surface area contributed by atoms with Gasteiger partial charge in [-0.2, -0.15) is 30.6 Å². The number of aliphatic hydroxyl groups is 1. The molecule has 0 amide bonds. The highest BCUT2D eigenvalue weighted by Gasteiger charge is 2.48. The second kappa shape index (κ2) is 6.10. The summed E-state index contributed by atoms with van der Waals surface area (Å²) in [6, 6.07) is -0.896. The standard InChI is InChI=1S/C15H15F6NO3S/c16-14(17,18)8-3-9(15(19,20)21)5-13(4-8)26(24,25)22-10-1-2-11(22)7-12(23)6-10/h3-5,10-12,23H,1-2,6-7H2. The van der Waals surface area contributed by atoms with Crippen molar-refractivity contribution in [3.63, 3.8) is 0 Å². The molecule has 26 heavy (non-hydrogen) atoms. The van der Waals surface area contributed by atoms with Crippen molar-refractivity contribution in [3.05, 3.63) is 29.3 Å². The van der Waals surface area contributed by atoms with E-state index in [0.717, 1.165) is 4.31 Å². The molecule has 1 N–H and O–H groups in total. The molecule has 2 saturated heterocycles. The number of nitrogens with zero attached hydrogens (tertiary/aromatic N) is 1. The van der Waals surface area contributed by atoms with E-state index in [0.29, 0.717) is 12.8 Å². The van der Waals surface area contributed by atoms with Crippen LogP contribution >= 0.6 is 0 Å². The molecule has 146 valence electrons. The van der Waals surface area contributed by atoms with Gasteiger partial charge in [0.15, 0.2) is 0 Å². The van der Waals surface area contributed by atoms with Crippen LogP contribution in [0.4, 0.5) is 26.3 Å². The van der Waals surface area contributed by atoms with Crippen LogP contribution in [0.3, 0.4) is 0 Å². The van der Waals surface area contributed by atoms with Gasteiger partial charge in [-0.05, 0) is 43.9 Å². The van der Waals surface area contributed by atoms with Crippen molar-refractivity contribution in [2.24, 2.45) is 0 Å². The lowest BCUT2D eigenvalue weighted by molar-refractivity contribution is -0.143. The number of benzene rings is 1. The average molecular weight is 403 g/mol. The first-order chi connectivity index (χ1) is 11.8. The maximum atomic E-state index is 13.0. The molecule has 11 heteroatoms. The molecule has 0 spiro atoms. The molecule has 2 atom stereocenters. The first-order valence-corrected chi connectivity index (χ1v) is 9.25. The fraction of sp³-hybridized carbons (Fsp3) is 0.600. The maximum Gasteiger partial charge on any atom is 0.416 e. The van der Waals surface area contributed by atoms with Crippen LogP contribution in [0.25, 0.3) is 0 Å². The minimum atomic E-state index is -5.12. The van der Waals surface area contributed by atoms with Gasteiger partial charge in [-0.15, -0.1) is 0 Å². The molecule has 0 aromatic heterocycles. The van der Waals surface area contributed by atoms with E-state index < -0.39 is 56.6 Å². The summed E-state index contributed by atoms with van der Waals surface area (Å²) in [5.74, 6) is 0. The Labute approximate surface area is 145 Å². The number of aliphatic hydroxyl groups excluding tert-OH is 1. The van der Waals surface area contributed by atoms with Gasteiger partial charge >= 0.3 is 12.4 Å². The average Bonchev–Trinajstić information content (AvgIpc) is 2.78. The summed E-state index contributed by atoms with van der Waals surface area (Å²) >= 11 is 0. The van der Waals surface area contributed by atoms with Crippen molar-refractivity contribution in [3.8, 4) is 0 Å². The van der Waals surface area contributed by atoms with Gasteiger partial charge in [0.05, 0.1) is 22.1 Å². The molecular weight excluding hydrogens is 388 g/mol. The van der Waals surface area contributed by atoms with E-state index in [-0.39, 0.29) is 31.0 Å². The fourth-order valence-electron chi connectivity index (χ4n) is 3.69. The molecule has 2 aliphatic rings. The van der Waals surface area contributed by atoms with Crippen molar-refractivity contribution in [1.29, 1.82) is 0 Å². The molecular formula is C15H15F6NO3S. The third kappa shape index (κ3) is 3.44. The smallest absolute Gasteiger partial charge is 0.393 e. The van der Waals surface area contributed by atoms with E-state index in [4.69, 9.17) is 0 Å². The second-order valence-corrected chi connectivity index (χ2v) is 8.43. The van der Waals surface area contributed by atoms with E-state index >= 15 is 0 Å². The van der Waals surface area contributed by atoms with E-state index in [1.165, 1.54) is 0 Å². The highest BCUT2D eigenvalue weighted by molar-refractivity contribution is 7.89. The Balaban J connectivity index is 2.10. The summed E-state index contributed by atoms with van der Waals surface area (Å²) < 4.78 is 104. The predicted molar refractivity (Wildman–Crippen MR) is 77.5 cm³/mol. The zero-order valence-electron chi connectivity index (χ0n) is 13.2. The fourth-order valence-corrected chi connectivity index (χ4v) is 5.66. The molecule has 0 radical (unpaired) electrons. The number of sulfonamides is 1. The number of alkyl halides is 6. The highest BCUT2D eigenvalue weighted by Crippen LogP contribution is 2.42. The Morgan fingerprint density at radius 1 is 0.885 bits per heavy atom. The summed E-state index contributed by atoms with van der Waals surface area (Å²) in [5.41, 5.74) is -3.34. The van der Waals surface area contributed by atoms with Crippen LogP contribution in [0.5, 0.6) is 0 Å². The molecule has 2 heterocycles. The second-order valence-electron chi connectivity index (χ2n) is 6.59. The van der Waals surface area contributed by atoms with Gasteiger partial charge in [0.1, 0.15) is 0 Å². The molecule has 2 aliphatic heterocycles. The highest BCUT2D eigenvalue weighted by atomic mass is 32.2. The maximum absolute atomic E-state index is 13.0. The van der Waals surface area contributed by atoms with E-state index in [9.17, 15) is 39.9 Å². The van der Waals surface area contributed by atoms with Crippen LogP contribution in [0, 0.1) is 0 Å². The summed E-state index contributed by atoms with van der Waals surface area (Å²) in [4.78, 5) is -1.03. The largest absolute Gasteiger partial charge is 0.416 e. The minimum absolute atomic E-state index is 0.104. The molecule has 1 aromatic carbocycles. The number of halogens is 6. The van der Waals surface area contributed by atoms with Gasteiger partial charge in [-0.25, -0.2) is 8.42 Å². The number of hydrogen-bond donors (Lipinski definition) is 1. The lowest BCUT2D eigenvalue weighted by Crippen LogP contribution is -2.47. The summed E-state index contributed by atoms with van der Waals surface area (Å²) in [6.45, 7) is 0. The van der Waals surface area contributed by atoms with Crippen molar-refractivity contribution in [2.75, 3.05) is 0 Å². The summed E-state index contributed by atoms with van der Waals surface area (Å²) in [7, 11) is -4.56. The first-order valence-electron chi connectivity index (χ1n) is 7.81. The predicted octanol–water partition coefficient (Wildman–Crippen LogP) is 3.40. The Morgan fingerprint density at radius 2 is 1.31 bits per heavy atom. The zero-order chi connectivity index (χ0) is 19.5. The number of fused-ring (bicyclic) bond motifs is 2. The third-order valence-electron chi connectivity index (χ3n) is 4.78. The minimum Gasteiger partial charge on any atom is -0.393 e. The van der Waals surface area contributed by atoms with Gasteiger partial charge in [0.25, 0.3) is 0 Å². The molecule has 2 bridgehead atoms. The van der Waals surface area contributed by atoms with Gasteiger partial charge in [-0.3, -0.25) is 0 Å². The van der Waals surface area contributed by atoms with Crippen molar-refractivity contribution >= 4 is 10.0 Å². The zero-order valence-corrected chi connectivity index (χ0v) is 14.0. The third-order valence-corrected chi connectivity index (χ3v) is 6.76. The SMILES string of the molecule is O=S(=O)(c1cc(C(F)(F)F)cc(C(F)(F)F)c1)N1C2CCC1CC(O)C2. The Hall–Kier alpha value is -1.33. The normalized spacial score (nSPS) is 27.7. The van der Waals surface area contributed by atoms with Crippen molar-refractivity contribution in [2.45, 2.75) is 61.1 Å². The molecule has 0 aliphatic carbocycles. The van der Waals surface area contributed by atoms with Crippen LogP contribution in [-0.4, -0.2) is 36.0 Å². The van der Waals surface area contributed by atoms with Gasteiger partial charge in [0.2, 0.25) is 10.0 Å². The lowest BCUT2D eigenvalue weighted by Gasteiger charge is -2.36. The number of rotatable bonds is 2. The Kier molecular flexibility index (Phi) is 4.56.